The predicted molar refractivity (Wildman–Crippen MR) is 85.2 cm³/mol. The summed E-state index contributed by atoms with van der Waals surface area (Å²) in [6, 6.07) is 5.24. The second-order valence-electron chi connectivity index (χ2n) is 6.00. The fraction of sp³-hybridized carbons (Fsp3) is 0.438. The number of anilines is 3. The van der Waals surface area contributed by atoms with Crippen molar-refractivity contribution in [1.29, 1.82) is 0 Å². The second-order valence-corrected chi connectivity index (χ2v) is 6.00. The van der Waals surface area contributed by atoms with Crippen LogP contribution >= 0.6 is 0 Å². The average Bonchev–Trinajstić information content (AvgIpc) is 2.55. The molecule has 1 fully saturated rings. The van der Waals surface area contributed by atoms with E-state index in [1.165, 1.54) is 24.6 Å². The standard InChI is InChI=1S/C16H18F3N5/c1-11-5-4-8-24(10-11)14-9-20-23-15(22-14)21-13-7-3-2-6-12(13)16(17,18)19/h2-3,6-7,9,11H,4-5,8,10H2,1H3,(H,21,22,23). The van der Waals surface area contributed by atoms with E-state index in [-0.39, 0.29) is 11.6 Å². The normalized spacial score (nSPS) is 18.5. The molecule has 0 amide bonds. The molecule has 1 aromatic carbocycles. The zero-order valence-electron chi connectivity index (χ0n) is 13.2. The first-order valence-electron chi connectivity index (χ1n) is 7.81. The summed E-state index contributed by atoms with van der Waals surface area (Å²) in [5.41, 5.74) is -0.846. The van der Waals surface area contributed by atoms with E-state index >= 15 is 0 Å². The minimum absolute atomic E-state index is 0.0578. The molecule has 24 heavy (non-hydrogen) atoms. The Labute approximate surface area is 137 Å². The van der Waals surface area contributed by atoms with Gasteiger partial charge in [-0.3, -0.25) is 0 Å². The van der Waals surface area contributed by atoms with Crippen molar-refractivity contribution >= 4 is 17.5 Å². The highest BCUT2D eigenvalue weighted by Crippen LogP contribution is 2.35. The van der Waals surface area contributed by atoms with E-state index in [0.29, 0.717) is 11.7 Å². The van der Waals surface area contributed by atoms with Crippen LogP contribution in [0.4, 0.5) is 30.6 Å². The lowest BCUT2D eigenvalue weighted by molar-refractivity contribution is -0.136. The van der Waals surface area contributed by atoms with Crippen LogP contribution in [0.5, 0.6) is 0 Å². The summed E-state index contributed by atoms with van der Waals surface area (Å²) in [5.74, 6) is 1.24. The molecule has 2 heterocycles. The van der Waals surface area contributed by atoms with E-state index in [2.05, 4.69) is 32.3 Å². The maximum Gasteiger partial charge on any atom is 0.418 e. The predicted octanol–water partition coefficient (Wildman–Crippen LogP) is 3.87. The molecule has 8 heteroatoms. The zero-order valence-corrected chi connectivity index (χ0v) is 13.2. The van der Waals surface area contributed by atoms with Gasteiger partial charge in [0.15, 0.2) is 5.82 Å². The zero-order chi connectivity index (χ0) is 17.2. The van der Waals surface area contributed by atoms with Crippen LogP contribution in [0.25, 0.3) is 0 Å². The van der Waals surface area contributed by atoms with E-state index in [4.69, 9.17) is 0 Å². The van der Waals surface area contributed by atoms with Gasteiger partial charge in [0.25, 0.3) is 0 Å². The Kier molecular flexibility index (Phi) is 4.55. The summed E-state index contributed by atoms with van der Waals surface area (Å²) in [4.78, 5) is 6.41. The van der Waals surface area contributed by atoms with Crippen molar-refractivity contribution in [1.82, 2.24) is 15.2 Å². The van der Waals surface area contributed by atoms with Gasteiger partial charge in [-0.25, -0.2) is 0 Å². The Balaban J connectivity index is 1.83. The van der Waals surface area contributed by atoms with Gasteiger partial charge in [-0.15, -0.1) is 5.10 Å². The molecule has 1 aliphatic rings. The average molecular weight is 337 g/mol. The molecule has 1 N–H and O–H groups in total. The maximum absolute atomic E-state index is 13.1. The summed E-state index contributed by atoms with van der Waals surface area (Å²) in [5, 5.41) is 10.3. The third kappa shape index (κ3) is 3.74. The molecule has 128 valence electrons. The van der Waals surface area contributed by atoms with Gasteiger partial charge in [0.05, 0.1) is 17.4 Å². The molecule has 1 saturated heterocycles. The number of nitrogens with one attached hydrogen (secondary N) is 1. The fourth-order valence-electron chi connectivity index (χ4n) is 2.86. The van der Waals surface area contributed by atoms with Crippen LogP contribution in [0.2, 0.25) is 0 Å². The molecular weight excluding hydrogens is 319 g/mol. The number of hydrogen-bond donors (Lipinski definition) is 1. The Morgan fingerprint density at radius 2 is 2.04 bits per heavy atom. The van der Waals surface area contributed by atoms with Crippen LogP contribution in [0.3, 0.4) is 0 Å². The van der Waals surface area contributed by atoms with Crippen LogP contribution in [0.15, 0.2) is 30.5 Å². The first-order chi connectivity index (χ1) is 11.4. The fourth-order valence-corrected chi connectivity index (χ4v) is 2.86. The molecule has 1 aliphatic heterocycles. The number of hydrogen-bond acceptors (Lipinski definition) is 5. The molecule has 0 spiro atoms. The molecule has 0 radical (unpaired) electrons. The lowest BCUT2D eigenvalue weighted by Gasteiger charge is -2.31. The Bertz CT molecular complexity index is 704. The smallest absolute Gasteiger partial charge is 0.355 e. The molecule has 0 bridgehead atoms. The van der Waals surface area contributed by atoms with Crippen molar-refractivity contribution in [3.63, 3.8) is 0 Å². The van der Waals surface area contributed by atoms with Crippen molar-refractivity contribution in [2.45, 2.75) is 25.9 Å². The lowest BCUT2D eigenvalue weighted by atomic mass is 10.0. The molecule has 5 nitrogen and oxygen atoms in total. The van der Waals surface area contributed by atoms with Crippen LogP contribution < -0.4 is 10.2 Å². The van der Waals surface area contributed by atoms with Gasteiger partial charge in [-0.05, 0) is 30.9 Å². The van der Waals surface area contributed by atoms with Gasteiger partial charge in [-0.1, -0.05) is 19.1 Å². The van der Waals surface area contributed by atoms with Crippen LogP contribution in [-0.2, 0) is 6.18 Å². The van der Waals surface area contributed by atoms with Crippen LogP contribution in [0, 0.1) is 5.92 Å². The quantitative estimate of drug-likeness (QED) is 0.921. The van der Waals surface area contributed by atoms with E-state index in [9.17, 15) is 13.2 Å². The monoisotopic (exact) mass is 337 g/mol. The summed E-state index contributed by atoms with van der Waals surface area (Å²) >= 11 is 0. The summed E-state index contributed by atoms with van der Waals surface area (Å²) in [6.07, 6.45) is -0.681. The number of aromatic nitrogens is 3. The van der Waals surface area contributed by atoms with Crippen molar-refractivity contribution in [3.8, 4) is 0 Å². The molecule has 1 unspecified atom stereocenters. The Morgan fingerprint density at radius 1 is 1.25 bits per heavy atom. The minimum Gasteiger partial charge on any atom is -0.355 e. The number of halogens is 3. The molecule has 0 aliphatic carbocycles. The van der Waals surface area contributed by atoms with Gasteiger partial charge in [-0.2, -0.15) is 23.3 Å². The summed E-state index contributed by atoms with van der Waals surface area (Å²) < 4.78 is 39.2. The van der Waals surface area contributed by atoms with E-state index in [1.807, 2.05) is 0 Å². The second kappa shape index (κ2) is 6.62. The highest BCUT2D eigenvalue weighted by molar-refractivity contribution is 5.60. The summed E-state index contributed by atoms with van der Waals surface area (Å²) in [6.45, 7) is 3.89. The molecule has 1 aromatic heterocycles. The molecular formula is C16H18F3N5. The number of rotatable bonds is 3. The highest BCUT2D eigenvalue weighted by Gasteiger charge is 2.33. The van der Waals surface area contributed by atoms with Crippen molar-refractivity contribution in [2.24, 2.45) is 5.92 Å². The van der Waals surface area contributed by atoms with Crippen LogP contribution in [-0.4, -0.2) is 28.3 Å². The molecule has 3 rings (SSSR count). The van der Waals surface area contributed by atoms with Gasteiger partial charge in [0.2, 0.25) is 5.95 Å². The molecule has 1 atom stereocenters. The lowest BCUT2D eigenvalue weighted by Crippen LogP contribution is -2.35. The topological polar surface area (TPSA) is 53.9 Å². The molecule has 0 saturated carbocycles. The number of piperidine rings is 1. The van der Waals surface area contributed by atoms with Crippen LogP contribution in [0.1, 0.15) is 25.3 Å². The number of para-hydroxylation sites is 1. The number of alkyl halides is 3. The van der Waals surface area contributed by atoms with Crippen molar-refractivity contribution < 1.29 is 13.2 Å². The molecule has 2 aromatic rings. The van der Waals surface area contributed by atoms with Gasteiger partial charge >= 0.3 is 6.18 Å². The first-order valence-corrected chi connectivity index (χ1v) is 7.81. The number of benzene rings is 1. The van der Waals surface area contributed by atoms with E-state index in [1.54, 1.807) is 6.20 Å². The minimum atomic E-state index is -4.45. The van der Waals surface area contributed by atoms with Gasteiger partial charge < -0.3 is 10.2 Å². The third-order valence-corrected chi connectivity index (χ3v) is 4.01. The largest absolute Gasteiger partial charge is 0.418 e. The third-order valence-electron chi connectivity index (χ3n) is 4.01. The Morgan fingerprint density at radius 3 is 2.79 bits per heavy atom. The van der Waals surface area contributed by atoms with Gasteiger partial charge in [0, 0.05) is 13.1 Å². The summed E-state index contributed by atoms with van der Waals surface area (Å²) in [7, 11) is 0. The number of nitrogens with zero attached hydrogens (tertiary/aromatic N) is 4. The van der Waals surface area contributed by atoms with E-state index in [0.717, 1.165) is 25.6 Å². The maximum atomic E-state index is 13.1. The van der Waals surface area contributed by atoms with Gasteiger partial charge in [0.1, 0.15) is 0 Å². The first kappa shape index (κ1) is 16.5. The highest BCUT2D eigenvalue weighted by atomic mass is 19.4. The van der Waals surface area contributed by atoms with E-state index < -0.39 is 11.7 Å². The van der Waals surface area contributed by atoms with Crippen molar-refractivity contribution in [2.75, 3.05) is 23.3 Å². The Hall–Kier alpha value is -2.38. The SMILES string of the molecule is CC1CCCN(c2cnnc(Nc3ccccc3C(F)(F)F)n2)C1. The van der Waals surface area contributed by atoms with Crippen molar-refractivity contribution in [3.05, 3.63) is 36.0 Å².